The largest absolute Gasteiger partial charge is 0.299 e. The van der Waals surface area contributed by atoms with Crippen LogP contribution in [-0.4, -0.2) is 5.78 Å². The molecule has 14 heavy (non-hydrogen) atoms. The maximum atomic E-state index is 11.5. The number of hydrogen-bond acceptors (Lipinski definition) is 1. The molecule has 2 bridgehead atoms. The fourth-order valence-corrected chi connectivity index (χ4v) is 2.83. The Morgan fingerprint density at radius 3 is 2.79 bits per heavy atom. The predicted octanol–water partition coefficient (Wildman–Crippen LogP) is 3.35. The maximum Gasteiger partial charge on any atom is 0.135 e. The highest BCUT2D eigenvalue weighted by Crippen LogP contribution is 2.51. The van der Waals surface area contributed by atoms with Crippen LogP contribution in [0.5, 0.6) is 0 Å². The van der Waals surface area contributed by atoms with Crippen LogP contribution in [0.1, 0.15) is 46.0 Å². The molecule has 0 spiro atoms. The highest BCUT2D eigenvalue weighted by molar-refractivity contribution is 5.80. The Bertz CT molecular complexity index is 264. The second-order valence-electron chi connectivity index (χ2n) is 5.35. The standard InChI is InChI=1S/C13H20O/c1-10(2)12(14)5-8-13-6-3-11(9-13)4-7-13/h3,6,10-11H,4-5,7-9H2,1-2H3. The van der Waals surface area contributed by atoms with Crippen LogP contribution in [0.4, 0.5) is 0 Å². The van der Waals surface area contributed by atoms with Crippen molar-refractivity contribution in [1.29, 1.82) is 0 Å². The van der Waals surface area contributed by atoms with Crippen LogP contribution in [0.3, 0.4) is 0 Å². The van der Waals surface area contributed by atoms with Crippen LogP contribution < -0.4 is 0 Å². The van der Waals surface area contributed by atoms with E-state index >= 15 is 0 Å². The van der Waals surface area contributed by atoms with Crippen LogP contribution in [0.2, 0.25) is 0 Å². The molecule has 2 atom stereocenters. The van der Waals surface area contributed by atoms with Crippen LogP contribution >= 0.6 is 0 Å². The summed E-state index contributed by atoms with van der Waals surface area (Å²) in [6, 6.07) is 0. The molecule has 2 aliphatic rings. The van der Waals surface area contributed by atoms with Gasteiger partial charge < -0.3 is 0 Å². The summed E-state index contributed by atoms with van der Waals surface area (Å²) in [5.74, 6) is 1.49. The third-order valence-electron chi connectivity index (χ3n) is 3.92. The quantitative estimate of drug-likeness (QED) is 0.624. The molecule has 0 aromatic rings. The van der Waals surface area contributed by atoms with Gasteiger partial charge in [0.15, 0.2) is 0 Å². The zero-order valence-electron chi connectivity index (χ0n) is 9.25. The second kappa shape index (κ2) is 3.52. The molecule has 2 unspecified atom stereocenters. The van der Waals surface area contributed by atoms with Crippen molar-refractivity contribution in [2.75, 3.05) is 0 Å². The minimum Gasteiger partial charge on any atom is -0.299 e. The van der Waals surface area contributed by atoms with Crippen molar-refractivity contribution in [3.63, 3.8) is 0 Å². The Hall–Kier alpha value is -0.590. The first-order valence-electron chi connectivity index (χ1n) is 5.83. The number of allylic oxidation sites excluding steroid dienone is 2. The van der Waals surface area contributed by atoms with Crippen molar-refractivity contribution in [3.8, 4) is 0 Å². The van der Waals surface area contributed by atoms with Gasteiger partial charge in [-0.1, -0.05) is 26.0 Å². The van der Waals surface area contributed by atoms with E-state index in [4.69, 9.17) is 0 Å². The number of carbonyl (C=O) groups is 1. The predicted molar refractivity (Wildman–Crippen MR) is 58.0 cm³/mol. The Kier molecular flexibility index (Phi) is 2.50. The molecule has 1 heteroatoms. The zero-order chi connectivity index (χ0) is 10.2. The van der Waals surface area contributed by atoms with Crippen molar-refractivity contribution in [3.05, 3.63) is 12.2 Å². The van der Waals surface area contributed by atoms with Crippen LogP contribution in [-0.2, 0) is 4.79 Å². The van der Waals surface area contributed by atoms with E-state index in [1.165, 1.54) is 19.3 Å². The Morgan fingerprint density at radius 2 is 2.36 bits per heavy atom. The summed E-state index contributed by atoms with van der Waals surface area (Å²) in [6.07, 6.45) is 10.6. The fourth-order valence-electron chi connectivity index (χ4n) is 2.83. The summed E-state index contributed by atoms with van der Waals surface area (Å²) < 4.78 is 0. The van der Waals surface area contributed by atoms with Gasteiger partial charge in [0, 0.05) is 12.3 Å². The summed E-state index contributed by atoms with van der Waals surface area (Å²) in [5.41, 5.74) is 0.426. The lowest BCUT2D eigenvalue weighted by Crippen LogP contribution is -2.16. The first-order valence-corrected chi connectivity index (χ1v) is 5.83. The highest BCUT2D eigenvalue weighted by Gasteiger charge is 2.40. The molecule has 0 amide bonds. The van der Waals surface area contributed by atoms with Gasteiger partial charge in [-0.25, -0.2) is 0 Å². The van der Waals surface area contributed by atoms with E-state index in [9.17, 15) is 4.79 Å². The number of Topliss-reactive ketones (excluding diaryl/α,β-unsaturated/α-hetero) is 1. The normalized spacial score (nSPS) is 34.4. The van der Waals surface area contributed by atoms with E-state index in [0.717, 1.165) is 18.8 Å². The van der Waals surface area contributed by atoms with Gasteiger partial charge in [0.25, 0.3) is 0 Å². The second-order valence-corrected chi connectivity index (χ2v) is 5.35. The van der Waals surface area contributed by atoms with Crippen molar-refractivity contribution < 1.29 is 4.79 Å². The molecule has 0 saturated heterocycles. The average Bonchev–Trinajstić information content (AvgIpc) is 2.74. The van der Waals surface area contributed by atoms with E-state index in [1.807, 2.05) is 13.8 Å². The molecule has 2 aliphatic carbocycles. The lowest BCUT2D eigenvalue weighted by Gasteiger charge is -2.23. The molecule has 1 saturated carbocycles. The molecule has 1 nitrogen and oxygen atoms in total. The average molecular weight is 192 g/mol. The van der Waals surface area contributed by atoms with Gasteiger partial charge in [0.05, 0.1) is 0 Å². The molecule has 0 radical (unpaired) electrons. The zero-order valence-corrected chi connectivity index (χ0v) is 9.25. The van der Waals surface area contributed by atoms with Crippen LogP contribution in [0.25, 0.3) is 0 Å². The van der Waals surface area contributed by atoms with Gasteiger partial charge in [-0.05, 0) is 37.0 Å². The van der Waals surface area contributed by atoms with Crippen molar-refractivity contribution in [1.82, 2.24) is 0 Å². The van der Waals surface area contributed by atoms with Crippen LogP contribution in [0, 0.1) is 17.3 Å². The highest BCUT2D eigenvalue weighted by atomic mass is 16.1. The van der Waals surface area contributed by atoms with Gasteiger partial charge in [0.1, 0.15) is 5.78 Å². The van der Waals surface area contributed by atoms with Crippen LogP contribution in [0.15, 0.2) is 12.2 Å². The van der Waals surface area contributed by atoms with E-state index in [0.29, 0.717) is 11.2 Å². The van der Waals surface area contributed by atoms with Crippen molar-refractivity contribution in [2.45, 2.75) is 46.0 Å². The molecule has 78 valence electrons. The molecule has 0 N–H and O–H groups in total. The van der Waals surface area contributed by atoms with Crippen molar-refractivity contribution in [2.24, 2.45) is 17.3 Å². The summed E-state index contributed by atoms with van der Waals surface area (Å²) in [6.45, 7) is 4.00. The molecule has 0 aromatic carbocycles. The van der Waals surface area contributed by atoms with Crippen molar-refractivity contribution >= 4 is 5.78 Å². The number of hydrogen-bond donors (Lipinski definition) is 0. The van der Waals surface area contributed by atoms with E-state index in [1.54, 1.807) is 0 Å². The topological polar surface area (TPSA) is 17.1 Å². The summed E-state index contributed by atoms with van der Waals surface area (Å²) >= 11 is 0. The molecular weight excluding hydrogens is 172 g/mol. The molecular formula is C13H20O. The Morgan fingerprint density at radius 1 is 1.57 bits per heavy atom. The SMILES string of the molecule is CC(C)C(=O)CCC12C=CC(CC1)C2. The fraction of sp³-hybridized carbons (Fsp3) is 0.769. The van der Waals surface area contributed by atoms with Gasteiger partial charge in [-0.3, -0.25) is 4.79 Å². The molecule has 1 fully saturated rings. The third-order valence-corrected chi connectivity index (χ3v) is 3.92. The van der Waals surface area contributed by atoms with Gasteiger partial charge in [0.2, 0.25) is 0 Å². The molecule has 0 aromatic heterocycles. The molecule has 0 aliphatic heterocycles. The minimum absolute atomic E-state index is 0.217. The Balaban J connectivity index is 1.87. The lowest BCUT2D eigenvalue weighted by atomic mass is 9.81. The molecule has 0 heterocycles. The Labute approximate surface area is 86.6 Å². The monoisotopic (exact) mass is 192 g/mol. The number of fused-ring (bicyclic) bond motifs is 2. The summed E-state index contributed by atoms with van der Waals surface area (Å²) in [4.78, 5) is 11.5. The smallest absolute Gasteiger partial charge is 0.135 e. The van der Waals surface area contributed by atoms with Gasteiger partial charge >= 0.3 is 0 Å². The number of ketones is 1. The van der Waals surface area contributed by atoms with Gasteiger partial charge in [-0.2, -0.15) is 0 Å². The number of carbonyl (C=O) groups excluding carboxylic acids is 1. The minimum atomic E-state index is 0.217. The summed E-state index contributed by atoms with van der Waals surface area (Å²) in [7, 11) is 0. The molecule has 2 rings (SSSR count). The first kappa shape index (κ1) is 9.95. The third kappa shape index (κ3) is 1.77. The van der Waals surface area contributed by atoms with E-state index < -0.39 is 0 Å². The number of rotatable bonds is 4. The maximum absolute atomic E-state index is 11.5. The summed E-state index contributed by atoms with van der Waals surface area (Å²) in [5, 5.41) is 0. The first-order chi connectivity index (χ1) is 6.61. The lowest BCUT2D eigenvalue weighted by molar-refractivity contribution is -0.122. The van der Waals surface area contributed by atoms with E-state index in [-0.39, 0.29) is 5.92 Å². The van der Waals surface area contributed by atoms with Gasteiger partial charge in [-0.15, -0.1) is 0 Å². The van der Waals surface area contributed by atoms with E-state index in [2.05, 4.69) is 12.2 Å².